The fourth-order valence-corrected chi connectivity index (χ4v) is 4.21. The molecule has 1 aliphatic carbocycles. The van der Waals surface area contributed by atoms with Crippen LogP contribution in [-0.4, -0.2) is 33.0 Å². The van der Waals surface area contributed by atoms with Gasteiger partial charge in [0.15, 0.2) is 0 Å². The maximum Gasteiger partial charge on any atom is 0.433 e. The van der Waals surface area contributed by atoms with E-state index in [9.17, 15) is 22.0 Å². The van der Waals surface area contributed by atoms with Gasteiger partial charge >= 0.3 is 6.18 Å². The molecule has 3 heterocycles. The highest BCUT2D eigenvalue weighted by Gasteiger charge is 2.36. The standard InChI is InChI=1S/C26H24F5N7/c27-25(28)12-9-18(10-13-25)35-38-36-22(20-7-4-8-23(34-20)26(29,30)31)16-24(37-38)33-19-11-14-32-21(15-19)17-5-2-1-3-6-17/h1-8,11,14-16,18,35-36H,9-10,12-13H2,(H,32,33,37). The molecule has 0 unspecified atom stereocenters. The van der Waals surface area contributed by atoms with Crippen LogP contribution < -0.4 is 16.3 Å². The second kappa shape index (κ2) is 10.5. The molecular weight excluding hydrogens is 505 g/mol. The maximum atomic E-state index is 13.6. The molecule has 0 amide bonds. The number of alkyl halides is 5. The number of hydrogen-bond donors (Lipinski definition) is 3. The van der Waals surface area contributed by atoms with Crippen molar-refractivity contribution in [3.05, 3.63) is 84.3 Å². The van der Waals surface area contributed by atoms with E-state index in [-0.39, 0.29) is 49.0 Å². The molecule has 1 saturated carbocycles. The Morgan fingerprint density at radius 2 is 1.71 bits per heavy atom. The van der Waals surface area contributed by atoms with Gasteiger partial charge in [0.25, 0.3) is 0 Å². The lowest BCUT2D eigenvalue weighted by atomic mass is 9.93. The van der Waals surface area contributed by atoms with Crippen molar-refractivity contribution >= 4 is 17.2 Å². The Morgan fingerprint density at radius 3 is 2.45 bits per heavy atom. The lowest BCUT2D eigenvalue weighted by Gasteiger charge is -2.36. The number of pyridine rings is 2. The molecule has 38 heavy (non-hydrogen) atoms. The first-order valence-corrected chi connectivity index (χ1v) is 12.0. The van der Waals surface area contributed by atoms with Crippen LogP contribution in [-0.2, 0) is 6.18 Å². The summed E-state index contributed by atoms with van der Waals surface area (Å²) < 4.78 is 67.1. The highest BCUT2D eigenvalue weighted by molar-refractivity contribution is 6.00. The quantitative estimate of drug-likeness (QED) is 0.372. The van der Waals surface area contributed by atoms with Crippen molar-refractivity contribution in [2.75, 3.05) is 0 Å². The van der Waals surface area contributed by atoms with Gasteiger partial charge in [0.1, 0.15) is 11.5 Å². The zero-order valence-corrected chi connectivity index (χ0v) is 20.0. The van der Waals surface area contributed by atoms with Gasteiger partial charge < -0.3 is 0 Å². The summed E-state index contributed by atoms with van der Waals surface area (Å²) in [6.45, 7) is 0. The minimum Gasteiger partial charge on any atom is -0.285 e. The van der Waals surface area contributed by atoms with E-state index in [4.69, 9.17) is 0 Å². The molecule has 7 nitrogen and oxygen atoms in total. The van der Waals surface area contributed by atoms with Gasteiger partial charge in [-0.3, -0.25) is 15.8 Å². The molecule has 3 N–H and O–H groups in total. The summed E-state index contributed by atoms with van der Waals surface area (Å²) in [4.78, 5) is 12.8. The molecule has 12 heteroatoms. The molecule has 0 atom stereocenters. The van der Waals surface area contributed by atoms with Gasteiger partial charge in [-0.1, -0.05) is 41.6 Å². The van der Waals surface area contributed by atoms with Crippen LogP contribution in [0.1, 0.15) is 37.1 Å². The zero-order chi connectivity index (χ0) is 26.8. The molecule has 3 aromatic rings. The van der Waals surface area contributed by atoms with E-state index in [1.54, 1.807) is 18.3 Å². The Kier molecular flexibility index (Phi) is 7.09. The molecule has 5 rings (SSSR count). The van der Waals surface area contributed by atoms with Gasteiger partial charge in [0, 0.05) is 36.7 Å². The van der Waals surface area contributed by atoms with Crippen LogP contribution in [0.3, 0.4) is 0 Å². The van der Waals surface area contributed by atoms with Gasteiger partial charge in [0.2, 0.25) is 5.92 Å². The topological polar surface area (TPSA) is 77.5 Å². The molecule has 0 bridgehead atoms. The summed E-state index contributed by atoms with van der Waals surface area (Å²) in [5.41, 5.74) is 10.4. The number of amidine groups is 1. The fraction of sp³-hybridized carbons (Fsp3) is 0.269. The van der Waals surface area contributed by atoms with E-state index in [0.717, 1.165) is 11.6 Å². The van der Waals surface area contributed by atoms with Crippen LogP contribution in [0.25, 0.3) is 17.0 Å². The van der Waals surface area contributed by atoms with Gasteiger partial charge in [-0.25, -0.2) is 24.2 Å². The summed E-state index contributed by atoms with van der Waals surface area (Å²) in [6.07, 6.45) is -1.53. The van der Waals surface area contributed by atoms with E-state index in [1.165, 1.54) is 23.4 Å². The van der Waals surface area contributed by atoms with Crippen LogP contribution in [0, 0.1) is 0 Å². The minimum atomic E-state index is -4.61. The van der Waals surface area contributed by atoms with Gasteiger partial charge in [0.05, 0.1) is 22.8 Å². The molecule has 2 aliphatic rings. The number of hydrazine groups is 3. The number of halogens is 5. The molecule has 0 radical (unpaired) electrons. The van der Waals surface area contributed by atoms with Crippen molar-refractivity contribution in [2.24, 2.45) is 4.99 Å². The number of benzene rings is 1. The average Bonchev–Trinajstić information content (AvgIpc) is 2.90. The van der Waals surface area contributed by atoms with Crippen molar-refractivity contribution in [2.45, 2.75) is 43.8 Å². The second-order valence-electron chi connectivity index (χ2n) is 9.04. The van der Waals surface area contributed by atoms with Gasteiger partial charge in [-0.2, -0.15) is 13.2 Å². The summed E-state index contributed by atoms with van der Waals surface area (Å²) in [6, 6.07) is 16.3. The SMILES string of the molecule is FC1(F)CCC(NN2NC(c3cccc(C(F)(F)F)n3)=CC(=Nc3ccnc(-c4ccccc4)c3)N2)CC1. The molecule has 1 aromatic carbocycles. The van der Waals surface area contributed by atoms with Crippen molar-refractivity contribution in [1.29, 1.82) is 0 Å². The fourth-order valence-electron chi connectivity index (χ4n) is 4.21. The van der Waals surface area contributed by atoms with E-state index in [1.807, 2.05) is 30.3 Å². The summed E-state index contributed by atoms with van der Waals surface area (Å²) in [5, 5.41) is 1.32. The molecule has 0 saturated heterocycles. The number of aliphatic imine (C=N–C) groups is 1. The first kappa shape index (κ1) is 25.7. The Bertz CT molecular complexity index is 1330. The normalized spacial score (nSPS) is 19.5. The zero-order valence-electron chi connectivity index (χ0n) is 20.0. The number of hydrogen-bond acceptors (Lipinski definition) is 6. The highest BCUT2D eigenvalue weighted by Crippen LogP contribution is 2.33. The van der Waals surface area contributed by atoms with Gasteiger partial charge in [-0.05, 0) is 37.1 Å². The third-order valence-electron chi connectivity index (χ3n) is 6.15. The molecule has 198 valence electrons. The first-order chi connectivity index (χ1) is 18.1. The summed E-state index contributed by atoms with van der Waals surface area (Å²) in [5.74, 6) is -2.41. The van der Waals surface area contributed by atoms with Gasteiger partial charge in [-0.15, -0.1) is 0 Å². The Morgan fingerprint density at radius 1 is 0.947 bits per heavy atom. The molecular formula is C26H24F5N7. The van der Waals surface area contributed by atoms with Crippen LogP contribution in [0.4, 0.5) is 27.6 Å². The van der Waals surface area contributed by atoms with Crippen molar-refractivity contribution in [3.63, 3.8) is 0 Å². The average molecular weight is 530 g/mol. The summed E-state index contributed by atoms with van der Waals surface area (Å²) in [7, 11) is 0. The van der Waals surface area contributed by atoms with Crippen LogP contribution in [0.15, 0.2) is 77.9 Å². The van der Waals surface area contributed by atoms with E-state index in [0.29, 0.717) is 11.4 Å². The van der Waals surface area contributed by atoms with E-state index >= 15 is 0 Å². The number of nitrogens with zero attached hydrogens (tertiary/aromatic N) is 4. The Hall–Kier alpha value is -3.90. The van der Waals surface area contributed by atoms with E-state index < -0.39 is 17.8 Å². The highest BCUT2D eigenvalue weighted by atomic mass is 19.4. The Balaban J connectivity index is 1.45. The molecule has 0 spiro atoms. The maximum absolute atomic E-state index is 13.6. The predicted octanol–water partition coefficient (Wildman–Crippen LogP) is 5.64. The molecule has 1 fully saturated rings. The smallest absolute Gasteiger partial charge is 0.285 e. The number of rotatable bonds is 5. The van der Waals surface area contributed by atoms with Crippen LogP contribution in [0.2, 0.25) is 0 Å². The number of aromatic nitrogens is 2. The molecule has 1 aliphatic heterocycles. The van der Waals surface area contributed by atoms with Crippen molar-refractivity contribution in [3.8, 4) is 11.3 Å². The largest absolute Gasteiger partial charge is 0.433 e. The third-order valence-corrected chi connectivity index (χ3v) is 6.15. The second-order valence-corrected chi connectivity index (χ2v) is 9.04. The van der Waals surface area contributed by atoms with Crippen LogP contribution in [0.5, 0.6) is 0 Å². The van der Waals surface area contributed by atoms with Crippen molar-refractivity contribution < 1.29 is 22.0 Å². The van der Waals surface area contributed by atoms with E-state index in [2.05, 4.69) is 31.2 Å². The lowest BCUT2D eigenvalue weighted by Crippen LogP contribution is -2.62. The monoisotopic (exact) mass is 529 g/mol. The minimum absolute atomic E-state index is 0.0377. The first-order valence-electron chi connectivity index (χ1n) is 12.0. The predicted molar refractivity (Wildman–Crippen MR) is 132 cm³/mol. The summed E-state index contributed by atoms with van der Waals surface area (Å²) >= 11 is 0. The Labute approximate surface area is 215 Å². The van der Waals surface area contributed by atoms with Crippen LogP contribution >= 0.6 is 0 Å². The molecule has 2 aromatic heterocycles. The third kappa shape index (κ3) is 6.32. The number of nitrogens with one attached hydrogen (secondary N) is 3. The van der Waals surface area contributed by atoms with Crippen molar-refractivity contribution in [1.82, 2.24) is 31.5 Å². The lowest BCUT2D eigenvalue weighted by molar-refractivity contribution is -0.141.